The van der Waals surface area contributed by atoms with E-state index < -0.39 is 0 Å². The highest BCUT2D eigenvalue weighted by molar-refractivity contribution is 6.32. The molecular weight excluding hydrogens is 473 g/mol. The Labute approximate surface area is 214 Å². The van der Waals surface area contributed by atoms with Gasteiger partial charge in [0.15, 0.2) is 0 Å². The second kappa shape index (κ2) is 13.2. The molecule has 34 heavy (non-hydrogen) atoms. The van der Waals surface area contributed by atoms with Crippen molar-refractivity contribution < 1.29 is 4.74 Å². The van der Waals surface area contributed by atoms with Crippen molar-refractivity contribution in [2.24, 2.45) is 0 Å². The highest BCUT2D eigenvalue weighted by Crippen LogP contribution is 2.29. The van der Waals surface area contributed by atoms with Gasteiger partial charge in [-0.2, -0.15) is 15.0 Å². The third kappa shape index (κ3) is 7.23. The molecule has 1 saturated heterocycles. The summed E-state index contributed by atoms with van der Waals surface area (Å²) in [5.74, 6) is 2.32. The first kappa shape index (κ1) is 26.6. The van der Waals surface area contributed by atoms with Crippen molar-refractivity contribution in [2.75, 3.05) is 42.7 Å². The van der Waals surface area contributed by atoms with E-state index in [9.17, 15) is 0 Å². The molecule has 0 bridgehead atoms. The van der Waals surface area contributed by atoms with Crippen LogP contribution in [0.25, 0.3) is 0 Å². The molecule has 1 atom stereocenters. The van der Waals surface area contributed by atoms with E-state index in [2.05, 4.69) is 37.7 Å². The fourth-order valence-corrected chi connectivity index (χ4v) is 5.06. The number of benzene rings is 1. The van der Waals surface area contributed by atoms with Crippen molar-refractivity contribution >= 4 is 47.5 Å². The summed E-state index contributed by atoms with van der Waals surface area (Å²) in [5, 5.41) is 10.8. The minimum atomic E-state index is 0. The SMILES string of the molecule is CCN1CCCC1CNc1nc(Nc2ccc(OC)c(Cl)c2)nc(NC2CCCCCC2)n1.Cl. The van der Waals surface area contributed by atoms with Crippen molar-refractivity contribution in [1.29, 1.82) is 0 Å². The smallest absolute Gasteiger partial charge is 0.233 e. The molecule has 1 aromatic carbocycles. The largest absolute Gasteiger partial charge is 0.495 e. The molecule has 1 saturated carbocycles. The second-order valence-electron chi connectivity index (χ2n) is 8.92. The number of methoxy groups -OCH3 is 1. The normalized spacial score (nSPS) is 19.2. The van der Waals surface area contributed by atoms with E-state index in [1.165, 1.54) is 45.1 Å². The van der Waals surface area contributed by atoms with Crippen LogP contribution >= 0.6 is 24.0 Å². The van der Waals surface area contributed by atoms with E-state index in [4.69, 9.17) is 21.3 Å². The van der Waals surface area contributed by atoms with Crippen LogP contribution in [0, 0.1) is 0 Å². The van der Waals surface area contributed by atoms with Gasteiger partial charge < -0.3 is 20.7 Å². The molecule has 8 nitrogen and oxygen atoms in total. The van der Waals surface area contributed by atoms with E-state index in [1.54, 1.807) is 7.11 Å². The third-order valence-corrected chi connectivity index (χ3v) is 6.93. The molecule has 10 heteroatoms. The fraction of sp³-hybridized carbons (Fsp3) is 0.625. The van der Waals surface area contributed by atoms with Gasteiger partial charge in [-0.15, -0.1) is 12.4 Å². The Morgan fingerprint density at radius 1 is 1.00 bits per heavy atom. The quantitative estimate of drug-likeness (QED) is 0.369. The lowest BCUT2D eigenvalue weighted by atomic mass is 10.1. The Kier molecular flexibility index (Phi) is 10.3. The van der Waals surface area contributed by atoms with Crippen LogP contribution < -0.4 is 20.7 Å². The van der Waals surface area contributed by atoms with Crippen molar-refractivity contribution in [3.8, 4) is 5.75 Å². The monoisotopic (exact) mass is 509 g/mol. The van der Waals surface area contributed by atoms with Gasteiger partial charge in [0.1, 0.15) is 5.75 Å². The number of ether oxygens (including phenoxy) is 1. The summed E-state index contributed by atoms with van der Waals surface area (Å²) < 4.78 is 5.26. The lowest BCUT2D eigenvalue weighted by Gasteiger charge is -2.23. The number of nitrogens with one attached hydrogen (secondary N) is 3. The summed E-state index contributed by atoms with van der Waals surface area (Å²) in [6.45, 7) is 5.29. The zero-order valence-electron chi connectivity index (χ0n) is 20.1. The summed E-state index contributed by atoms with van der Waals surface area (Å²) in [7, 11) is 1.60. The number of anilines is 4. The molecule has 1 aliphatic carbocycles. The summed E-state index contributed by atoms with van der Waals surface area (Å²) in [5.41, 5.74) is 0.798. The van der Waals surface area contributed by atoms with E-state index >= 15 is 0 Å². The zero-order valence-corrected chi connectivity index (χ0v) is 21.7. The average molecular weight is 511 g/mol. The summed E-state index contributed by atoms with van der Waals surface area (Å²) >= 11 is 6.30. The van der Waals surface area contributed by atoms with Crippen molar-refractivity contribution in [1.82, 2.24) is 19.9 Å². The molecule has 1 aliphatic heterocycles. The number of aromatic nitrogens is 3. The van der Waals surface area contributed by atoms with Crippen LogP contribution in [0.3, 0.4) is 0 Å². The summed E-state index contributed by atoms with van der Waals surface area (Å²) in [6.07, 6.45) is 9.86. The maximum atomic E-state index is 6.30. The molecular formula is C24H37Cl2N7O. The molecule has 0 amide bonds. The van der Waals surface area contributed by atoms with Crippen LogP contribution in [0.4, 0.5) is 23.5 Å². The minimum absolute atomic E-state index is 0. The Balaban J connectivity index is 0.00000324. The maximum Gasteiger partial charge on any atom is 0.233 e. The van der Waals surface area contributed by atoms with Gasteiger partial charge >= 0.3 is 0 Å². The number of halogens is 2. The topological polar surface area (TPSA) is 87.2 Å². The molecule has 2 heterocycles. The molecule has 1 unspecified atom stereocenters. The first-order valence-electron chi connectivity index (χ1n) is 12.3. The first-order chi connectivity index (χ1) is 16.1. The Morgan fingerprint density at radius 2 is 1.74 bits per heavy atom. The molecule has 2 fully saturated rings. The Morgan fingerprint density at radius 3 is 2.44 bits per heavy atom. The van der Waals surface area contributed by atoms with E-state index in [0.29, 0.717) is 40.7 Å². The van der Waals surface area contributed by atoms with Gasteiger partial charge in [-0.05, 0) is 57.0 Å². The van der Waals surface area contributed by atoms with Gasteiger partial charge in [0.2, 0.25) is 17.8 Å². The predicted molar refractivity (Wildman–Crippen MR) is 142 cm³/mol. The number of hydrogen-bond acceptors (Lipinski definition) is 8. The molecule has 1 aromatic heterocycles. The first-order valence-corrected chi connectivity index (χ1v) is 12.6. The van der Waals surface area contributed by atoms with Gasteiger partial charge in [0.05, 0.1) is 12.1 Å². The zero-order chi connectivity index (χ0) is 23.0. The van der Waals surface area contributed by atoms with Crippen LogP contribution in [0.1, 0.15) is 58.3 Å². The lowest BCUT2D eigenvalue weighted by molar-refractivity contribution is 0.277. The standard InChI is InChI=1S/C24H36ClN7O.ClH/c1-3-32-14-8-11-19(32)16-26-22-29-23(27-17-9-6-4-5-7-10-17)31-24(30-22)28-18-12-13-21(33-2)20(25)15-18;/h12-13,15,17,19H,3-11,14,16H2,1-2H3,(H3,26,27,28,29,30,31);1H. The number of hydrogen-bond donors (Lipinski definition) is 3. The van der Waals surface area contributed by atoms with Gasteiger partial charge in [-0.1, -0.05) is 44.2 Å². The molecule has 0 spiro atoms. The minimum Gasteiger partial charge on any atom is -0.495 e. The molecule has 4 rings (SSSR count). The average Bonchev–Trinajstić information content (AvgIpc) is 3.12. The molecule has 188 valence electrons. The lowest BCUT2D eigenvalue weighted by Crippen LogP contribution is -2.35. The van der Waals surface area contributed by atoms with E-state index in [1.807, 2.05) is 18.2 Å². The highest BCUT2D eigenvalue weighted by Gasteiger charge is 2.23. The molecule has 2 aromatic rings. The maximum absolute atomic E-state index is 6.30. The molecule has 0 radical (unpaired) electrons. The second-order valence-corrected chi connectivity index (χ2v) is 9.33. The fourth-order valence-electron chi connectivity index (χ4n) is 4.81. The van der Waals surface area contributed by atoms with Gasteiger partial charge in [0.25, 0.3) is 0 Å². The van der Waals surface area contributed by atoms with Crippen LogP contribution in [-0.2, 0) is 0 Å². The van der Waals surface area contributed by atoms with Gasteiger partial charge in [-0.25, -0.2) is 0 Å². The predicted octanol–water partition coefficient (Wildman–Crippen LogP) is 5.73. The highest BCUT2D eigenvalue weighted by atomic mass is 35.5. The summed E-state index contributed by atoms with van der Waals surface area (Å²) in [4.78, 5) is 16.5. The number of nitrogens with zero attached hydrogens (tertiary/aromatic N) is 4. The van der Waals surface area contributed by atoms with Crippen molar-refractivity contribution in [2.45, 2.75) is 70.4 Å². The number of likely N-dealkylation sites (tertiary alicyclic amines) is 1. The van der Waals surface area contributed by atoms with Crippen LogP contribution in [0.15, 0.2) is 18.2 Å². The van der Waals surface area contributed by atoms with Gasteiger partial charge in [-0.3, -0.25) is 4.90 Å². The number of likely N-dealkylation sites (N-methyl/N-ethyl adjacent to an activating group) is 1. The summed E-state index contributed by atoms with van der Waals surface area (Å²) in [6, 6.07) is 6.46. The van der Waals surface area contributed by atoms with Crippen LogP contribution in [0.5, 0.6) is 5.75 Å². The van der Waals surface area contributed by atoms with E-state index in [0.717, 1.165) is 31.6 Å². The van der Waals surface area contributed by atoms with Crippen LogP contribution in [-0.4, -0.2) is 58.7 Å². The molecule has 2 aliphatic rings. The number of rotatable bonds is 9. The van der Waals surface area contributed by atoms with E-state index in [-0.39, 0.29) is 12.4 Å². The third-order valence-electron chi connectivity index (χ3n) is 6.63. The Bertz CT molecular complexity index is 909. The van der Waals surface area contributed by atoms with Crippen molar-refractivity contribution in [3.63, 3.8) is 0 Å². The van der Waals surface area contributed by atoms with Crippen molar-refractivity contribution in [3.05, 3.63) is 23.2 Å². The van der Waals surface area contributed by atoms with Crippen LogP contribution in [0.2, 0.25) is 5.02 Å². The Hall–Kier alpha value is -2.03. The van der Waals surface area contributed by atoms with Gasteiger partial charge in [0, 0.05) is 24.3 Å². The molecule has 3 N–H and O–H groups in total.